The van der Waals surface area contributed by atoms with E-state index < -0.39 is 12.1 Å². The van der Waals surface area contributed by atoms with Gasteiger partial charge in [-0.15, -0.1) is 0 Å². The minimum absolute atomic E-state index is 0.00391. The van der Waals surface area contributed by atoms with Crippen molar-refractivity contribution in [3.63, 3.8) is 0 Å². The Morgan fingerprint density at radius 1 is 1.16 bits per heavy atom. The van der Waals surface area contributed by atoms with E-state index in [0.717, 1.165) is 12.8 Å². The monoisotopic (exact) mass is 335 g/mol. The first-order valence-corrected chi connectivity index (χ1v) is 8.40. The second-order valence-corrected chi connectivity index (χ2v) is 6.16. The number of benzene rings is 1. The first-order chi connectivity index (χ1) is 12.2. The summed E-state index contributed by atoms with van der Waals surface area (Å²) < 4.78 is 10.9. The molecular weight excluding hydrogens is 318 g/mol. The van der Waals surface area contributed by atoms with Gasteiger partial charge in [0.2, 0.25) is 0 Å². The summed E-state index contributed by atoms with van der Waals surface area (Å²) in [6.07, 6.45) is 3.77. The van der Waals surface area contributed by atoms with Gasteiger partial charge in [0.05, 0.1) is 17.3 Å². The van der Waals surface area contributed by atoms with Crippen LogP contribution >= 0.6 is 0 Å². The molecule has 2 aromatic heterocycles. The van der Waals surface area contributed by atoms with E-state index in [4.69, 9.17) is 9.15 Å². The van der Waals surface area contributed by atoms with Gasteiger partial charge in [-0.2, -0.15) is 0 Å². The quantitative estimate of drug-likeness (QED) is 0.672. The number of hydrogen-bond donors (Lipinski definition) is 0. The van der Waals surface area contributed by atoms with Crippen LogP contribution in [0.2, 0.25) is 0 Å². The van der Waals surface area contributed by atoms with Gasteiger partial charge in [-0.25, -0.2) is 9.78 Å². The highest BCUT2D eigenvalue weighted by Crippen LogP contribution is 2.27. The number of pyridine rings is 1. The Kier molecular flexibility index (Phi) is 4.06. The van der Waals surface area contributed by atoms with E-state index in [0.29, 0.717) is 40.8 Å². The van der Waals surface area contributed by atoms with Gasteiger partial charge >= 0.3 is 5.97 Å². The lowest BCUT2D eigenvalue weighted by Crippen LogP contribution is -2.30. The van der Waals surface area contributed by atoms with Gasteiger partial charge in [-0.3, -0.25) is 4.79 Å². The van der Waals surface area contributed by atoms with Crippen LogP contribution in [0.3, 0.4) is 0 Å². The SMILES string of the molecule is O=C(OC1CCCCC1=O)c1cc(-c2ccco2)nc2ccccc12. The maximum absolute atomic E-state index is 12.8. The Hall–Kier alpha value is -2.95. The number of rotatable bonds is 3. The number of carbonyl (C=O) groups is 2. The normalized spacial score (nSPS) is 17.6. The summed E-state index contributed by atoms with van der Waals surface area (Å²) in [5, 5.41) is 0.700. The van der Waals surface area contributed by atoms with Crippen molar-refractivity contribution in [2.45, 2.75) is 31.8 Å². The molecule has 1 fully saturated rings. The third kappa shape index (κ3) is 3.05. The summed E-state index contributed by atoms with van der Waals surface area (Å²) in [7, 11) is 0. The molecule has 0 bridgehead atoms. The van der Waals surface area contributed by atoms with E-state index in [1.807, 2.05) is 24.3 Å². The largest absolute Gasteiger partial charge is 0.463 e. The van der Waals surface area contributed by atoms with E-state index in [9.17, 15) is 9.59 Å². The molecule has 0 amide bonds. The summed E-state index contributed by atoms with van der Waals surface area (Å²) in [6, 6.07) is 12.6. The number of carbonyl (C=O) groups excluding carboxylic acids is 2. The van der Waals surface area contributed by atoms with Gasteiger partial charge < -0.3 is 9.15 Å². The van der Waals surface area contributed by atoms with E-state index >= 15 is 0 Å². The fraction of sp³-hybridized carbons (Fsp3) is 0.250. The van der Waals surface area contributed by atoms with Gasteiger partial charge in [0, 0.05) is 11.8 Å². The molecule has 1 unspecified atom stereocenters. The molecule has 0 N–H and O–H groups in total. The van der Waals surface area contributed by atoms with E-state index in [1.165, 1.54) is 0 Å². The minimum Gasteiger partial charge on any atom is -0.463 e. The first kappa shape index (κ1) is 15.6. The number of fused-ring (bicyclic) bond motifs is 1. The zero-order valence-corrected chi connectivity index (χ0v) is 13.6. The van der Waals surface area contributed by atoms with Gasteiger partial charge in [0.15, 0.2) is 17.6 Å². The Morgan fingerprint density at radius 3 is 2.84 bits per heavy atom. The number of hydrogen-bond acceptors (Lipinski definition) is 5. The fourth-order valence-corrected chi connectivity index (χ4v) is 3.16. The fourth-order valence-electron chi connectivity index (χ4n) is 3.16. The number of Topliss-reactive ketones (excluding diaryl/α,β-unsaturated/α-hetero) is 1. The summed E-state index contributed by atoms with van der Waals surface area (Å²) in [4.78, 5) is 29.3. The number of aromatic nitrogens is 1. The number of nitrogens with zero attached hydrogens (tertiary/aromatic N) is 1. The molecule has 126 valence electrons. The van der Waals surface area contributed by atoms with Crippen LogP contribution < -0.4 is 0 Å². The van der Waals surface area contributed by atoms with Crippen molar-refractivity contribution in [1.82, 2.24) is 4.98 Å². The van der Waals surface area contributed by atoms with Crippen LogP contribution in [-0.2, 0) is 9.53 Å². The van der Waals surface area contributed by atoms with Gasteiger partial charge in [0.25, 0.3) is 0 Å². The van der Waals surface area contributed by atoms with Gasteiger partial charge in [-0.1, -0.05) is 18.2 Å². The van der Waals surface area contributed by atoms with E-state index in [1.54, 1.807) is 24.5 Å². The molecule has 4 rings (SSSR count). The molecule has 1 aliphatic carbocycles. The average molecular weight is 335 g/mol. The summed E-state index contributed by atoms with van der Waals surface area (Å²) in [5.74, 6) is 0.0874. The van der Waals surface area contributed by atoms with Crippen LogP contribution in [0.1, 0.15) is 36.0 Å². The molecule has 0 aliphatic heterocycles. The van der Waals surface area contributed by atoms with Crippen molar-refractivity contribution in [2.24, 2.45) is 0 Å². The van der Waals surface area contributed by atoms with Gasteiger partial charge in [0.1, 0.15) is 5.69 Å². The maximum Gasteiger partial charge on any atom is 0.339 e. The van der Waals surface area contributed by atoms with Crippen molar-refractivity contribution >= 4 is 22.7 Å². The number of ether oxygens (including phenoxy) is 1. The molecule has 0 spiro atoms. The second-order valence-electron chi connectivity index (χ2n) is 6.16. The molecule has 1 aliphatic rings. The molecular formula is C20H17NO4. The second kappa shape index (κ2) is 6.51. The Bertz CT molecular complexity index is 930. The molecule has 5 nitrogen and oxygen atoms in total. The Balaban J connectivity index is 1.74. The molecule has 25 heavy (non-hydrogen) atoms. The highest BCUT2D eigenvalue weighted by atomic mass is 16.5. The summed E-state index contributed by atoms with van der Waals surface area (Å²) >= 11 is 0. The molecule has 1 saturated carbocycles. The Morgan fingerprint density at radius 2 is 2.04 bits per heavy atom. The van der Waals surface area contributed by atoms with Crippen LogP contribution in [0.5, 0.6) is 0 Å². The molecule has 5 heteroatoms. The minimum atomic E-state index is -0.639. The maximum atomic E-state index is 12.8. The lowest BCUT2D eigenvalue weighted by molar-refractivity contribution is -0.129. The molecule has 0 saturated heterocycles. The van der Waals surface area contributed by atoms with Crippen LogP contribution in [-0.4, -0.2) is 22.8 Å². The zero-order chi connectivity index (χ0) is 17.2. The molecule has 1 aromatic carbocycles. The number of para-hydroxylation sites is 1. The first-order valence-electron chi connectivity index (χ1n) is 8.40. The van der Waals surface area contributed by atoms with Crippen LogP contribution in [0.25, 0.3) is 22.4 Å². The topological polar surface area (TPSA) is 69.4 Å². The molecule has 2 heterocycles. The van der Waals surface area contributed by atoms with Crippen molar-refractivity contribution in [1.29, 1.82) is 0 Å². The van der Waals surface area contributed by atoms with Crippen molar-refractivity contribution in [3.8, 4) is 11.5 Å². The number of ketones is 1. The van der Waals surface area contributed by atoms with E-state index in [2.05, 4.69) is 4.98 Å². The zero-order valence-electron chi connectivity index (χ0n) is 13.6. The Labute approximate surface area is 144 Å². The molecule has 3 aromatic rings. The highest BCUT2D eigenvalue weighted by molar-refractivity contribution is 6.05. The summed E-state index contributed by atoms with van der Waals surface area (Å²) in [5.41, 5.74) is 1.64. The number of esters is 1. The van der Waals surface area contributed by atoms with Crippen LogP contribution in [0.15, 0.2) is 53.1 Å². The lowest BCUT2D eigenvalue weighted by Gasteiger charge is -2.21. The third-order valence-electron chi connectivity index (χ3n) is 4.46. The van der Waals surface area contributed by atoms with Crippen LogP contribution in [0, 0.1) is 0 Å². The van der Waals surface area contributed by atoms with Gasteiger partial charge in [-0.05, 0) is 43.5 Å². The molecule has 1 atom stereocenters. The highest BCUT2D eigenvalue weighted by Gasteiger charge is 2.27. The summed E-state index contributed by atoms with van der Waals surface area (Å²) in [6.45, 7) is 0. The predicted molar refractivity (Wildman–Crippen MR) is 92.1 cm³/mol. The molecule has 0 radical (unpaired) electrons. The van der Waals surface area contributed by atoms with Crippen molar-refractivity contribution in [2.75, 3.05) is 0 Å². The lowest BCUT2D eigenvalue weighted by atomic mass is 9.96. The van der Waals surface area contributed by atoms with Crippen molar-refractivity contribution in [3.05, 3.63) is 54.3 Å². The average Bonchev–Trinajstić information content (AvgIpc) is 3.17. The standard InChI is InChI=1S/C20H17NO4/c22-17-8-3-4-9-19(17)25-20(23)14-12-16(18-10-5-11-24-18)21-15-7-2-1-6-13(14)15/h1-2,5-7,10-12,19H,3-4,8-9H2. The smallest absolute Gasteiger partial charge is 0.339 e. The van der Waals surface area contributed by atoms with Crippen LogP contribution in [0.4, 0.5) is 0 Å². The third-order valence-corrected chi connectivity index (χ3v) is 4.46. The predicted octanol–water partition coefficient (Wildman–Crippen LogP) is 4.16. The van der Waals surface area contributed by atoms with E-state index in [-0.39, 0.29) is 5.78 Å². The number of furan rings is 1. The van der Waals surface area contributed by atoms with Crippen molar-refractivity contribution < 1.29 is 18.7 Å².